The van der Waals surface area contributed by atoms with Crippen LogP contribution in [0.2, 0.25) is 0 Å². The maximum atomic E-state index is 12.5. The molecule has 1 atom stereocenters. The first-order valence-electron chi connectivity index (χ1n) is 8.77. The van der Waals surface area contributed by atoms with E-state index in [1.807, 2.05) is 36.4 Å². The SMILES string of the molecule is CC(C)[C@H](NC(=O)CCN1C(=O)/C(=C\C=C\c2ccccc2)SC1=S)C(=O)[O-]. The Labute approximate surface area is 173 Å². The first kappa shape index (κ1) is 21.8. The lowest BCUT2D eigenvalue weighted by Gasteiger charge is -2.23. The van der Waals surface area contributed by atoms with Crippen LogP contribution in [0, 0.1) is 5.92 Å². The van der Waals surface area contributed by atoms with Crippen LogP contribution >= 0.6 is 24.0 Å². The summed E-state index contributed by atoms with van der Waals surface area (Å²) in [5.41, 5.74) is 1.01. The second-order valence-electron chi connectivity index (χ2n) is 6.48. The fraction of sp³-hybridized carbons (Fsp3) is 0.300. The standard InChI is InChI=1S/C20H22N2O4S2/c1-13(2)17(19(25)26)21-16(23)11-12-22-18(24)15(28-20(22)27)10-6-9-14-7-4-3-5-8-14/h3-10,13,17H,11-12H2,1-2H3,(H,21,23)(H,25,26)/p-1/b9-6+,15-10+/t17-/m0/s1. The van der Waals surface area contributed by atoms with Crippen molar-refractivity contribution in [2.45, 2.75) is 26.3 Å². The minimum absolute atomic E-state index is 0.0456. The van der Waals surface area contributed by atoms with E-state index in [9.17, 15) is 19.5 Å². The average Bonchev–Trinajstić information content (AvgIpc) is 2.91. The van der Waals surface area contributed by atoms with Crippen LogP contribution in [-0.2, 0) is 14.4 Å². The summed E-state index contributed by atoms with van der Waals surface area (Å²) in [6.07, 6.45) is 5.31. The van der Waals surface area contributed by atoms with E-state index in [1.165, 1.54) is 16.7 Å². The van der Waals surface area contributed by atoms with Crippen LogP contribution in [0.15, 0.2) is 47.4 Å². The summed E-state index contributed by atoms with van der Waals surface area (Å²) in [4.78, 5) is 37.4. The summed E-state index contributed by atoms with van der Waals surface area (Å²) in [6, 6.07) is 8.61. The summed E-state index contributed by atoms with van der Waals surface area (Å²) >= 11 is 6.40. The summed E-state index contributed by atoms with van der Waals surface area (Å²) in [5, 5.41) is 13.5. The second-order valence-corrected chi connectivity index (χ2v) is 8.16. The maximum absolute atomic E-state index is 12.5. The van der Waals surface area contributed by atoms with Gasteiger partial charge >= 0.3 is 0 Å². The Morgan fingerprint density at radius 3 is 2.57 bits per heavy atom. The number of nitrogens with zero attached hydrogens (tertiary/aromatic N) is 1. The number of hydrogen-bond acceptors (Lipinski definition) is 6. The van der Waals surface area contributed by atoms with Crippen LogP contribution in [0.5, 0.6) is 0 Å². The number of carboxylic acids is 1. The number of rotatable bonds is 8. The number of carboxylic acid groups (broad SMARTS) is 1. The molecule has 1 aliphatic heterocycles. The number of carbonyl (C=O) groups excluding carboxylic acids is 3. The second kappa shape index (κ2) is 10.2. The van der Waals surface area contributed by atoms with E-state index in [0.717, 1.165) is 5.56 Å². The summed E-state index contributed by atoms with van der Waals surface area (Å²) in [6.45, 7) is 3.45. The third kappa shape index (κ3) is 6.03. The summed E-state index contributed by atoms with van der Waals surface area (Å²) < 4.78 is 0.373. The van der Waals surface area contributed by atoms with Crippen molar-refractivity contribution in [1.29, 1.82) is 0 Å². The monoisotopic (exact) mass is 417 g/mol. The van der Waals surface area contributed by atoms with Crippen molar-refractivity contribution in [3.63, 3.8) is 0 Å². The van der Waals surface area contributed by atoms with Crippen molar-refractivity contribution in [2.75, 3.05) is 6.54 Å². The van der Waals surface area contributed by atoms with Gasteiger partial charge in [0.15, 0.2) is 0 Å². The molecule has 1 aromatic carbocycles. The number of allylic oxidation sites excluding steroid dienone is 2. The van der Waals surface area contributed by atoms with Crippen LogP contribution in [0.25, 0.3) is 6.08 Å². The van der Waals surface area contributed by atoms with E-state index in [2.05, 4.69) is 5.32 Å². The number of carbonyl (C=O) groups is 3. The van der Waals surface area contributed by atoms with Crippen LogP contribution < -0.4 is 10.4 Å². The zero-order valence-electron chi connectivity index (χ0n) is 15.6. The van der Waals surface area contributed by atoms with Gasteiger partial charge in [-0.25, -0.2) is 0 Å². The topological polar surface area (TPSA) is 89.5 Å². The number of benzene rings is 1. The molecule has 6 nitrogen and oxygen atoms in total. The molecule has 1 heterocycles. The van der Waals surface area contributed by atoms with Crippen molar-refractivity contribution in [3.8, 4) is 0 Å². The Kier molecular flexibility index (Phi) is 7.95. The normalized spacial score (nSPS) is 17.0. The summed E-state index contributed by atoms with van der Waals surface area (Å²) in [5.74, 6) is -2.36. The van der Waals surface area contributed by atoms with Crippen LogP contribution in [0.4, 0.5) is 0 Å². The fourth-order valence-corrected chi connectivity index (χ4v) is 3.73. The molecule has 2 rings (SSSR count). The van der Waals surface area contributed by atoms with Gasteiger partial charge in [-0.15, -0.1) is 0 Å². The fourth-order valence-electron chi connectivity index (χ4n) is 2.47. The number of nitrogens with one attached hydrogen (secondary N) is 1. The molecular weight excluding hydrogens is 396 g/mol. The van der Waals surface area contributed by atoms with Crippen molar-refractivity contribution < 1.29 is 19.5 Å². The predicted octanol–water partition coefficient (Wildman–Crippen LogP) is 1.72. The van der Waals surface area contributed by atoms with Gasteiger partial charge in [0.25, 0.3) is 5.91 Å². The van der Waals surface area contributed by atoms with Gasteiger partial charge in [0.1, 0.15) is 4.32 Å². The molecule has 0 aliphatic carbocycles. The number of aliphatic carboxylic acids is 1. The van der Waals surface area contributed by atoms with Crippen LogP contribution in [0.1, 0.15) is 25.8 Å². The molecule has 0 unspecified atom stereocenters. The highest BCUT2D eigenvalue weighted by Gasteiger charge is 2.31. The highest BCUT2D eigenvalue weighted by molar-refractivity contribution is 8.26. The number of amides is 2. The van der Waals surface area contributed by atoms with Crippen molar-refractivity contribution >= 4 is 52.2 Å². The average molecular weight is 418 g/mol. The first-order chi connectivity index (χ1) is 13.3. The Morgan fingerprint density at radius 1 is 1.29 bits per heavy atom. The molecule has 1 saturated heterocycles. The van der Waals surface area contributed by atoms with E-state index >= 15 is 0 Å². The minimum atomic E-state index is -1.33. The zero-order chi connectivity index (χ0) is 20.7. The molecule has 0 radical (unpaired) electrons. The van der Waals surface area contributed by atoms with E-state index in [4.69, 9.17) is 12.2 Å². The smallest absolute Gasteiger partial charge is 0.266 e. The van der Waals surface area contributed by atoms with Crippen molar-refractivity contribution in [1.82, 2.24) is 10.2 Å². The van der Waals surface area contributed by atoms with Gasteiger partial charge < -0.3 is 15.2 Å². The molecule has 2 amide bonds. The molecule has 1 N–H and O–H groups in total. The van der Waals surface area contributed by atoms with E-state index < -0.39 is 17.9 Å². The Bertz CT molecular complexity index is 819. The predicted molar refractivity (Wildman–Crippen MR) is 112 cm³/mol. The van der Waals surface area contributed by atoms with E-state index in [0.29, 0.717) is 9.23 Å². The largest absolute Gasteiger partial charge is 0.548 e. The van der Waals surface area contributed by atoms with Gasteiger partial charge in [-0.3, -0.25) is 14.5 Å². The highest BCUT2D eigenvalue weighted by Crippen LogP contribution is 2.31. The van der Waals surface area contributed by atoms with Gasteiger partial charge in [0, 0.05) is 13.0 Å². The Morgan fingerprint density at radius 2 is 1.96 bits per heavy atom. The molecule has 1 fully saturated rings. The quantitative estimate of drug-likeness (QED) is 0.512. The lowest BCUT2D eigenvalue weighted by atomic mass is 10.0. The third-order valence-electron chi connectivity index (χ3n) is 4.01. The molecule has 0 spiro atoms. The molecule has 0 saturated carbocycles. The molecule has 148 valence electrons. The lowest BCUT2D eigenvalue weighted by Crippen LogP contribution is -2.51. The number of thiocarbonyl (C=S) groups is 1. The van der Waals surface area contributed by atoms with Gasteiger partial charge in [-0.1, -0.05) is 80.3 Å². The lowest BCUT2D eigenvalue weighted by molar-refractivity contribution is -0.309. The van der Waals surface area contributed by atoms with Crippen LogP contribution in [0.3, 0.4) is 0 Å². The number of thioether (sulfide) groups is 1. The van der Waals surface area contributed by atoms with Crippen molar-refractivity contribution in [2.24, 2.45) is 5.92 Å². The number of hydrogen-bond donors (Lipinski definition) is 1. The zero-order valence-corrected chi connectivity index (χ0v) is 17.2. The Balaban J connectivity index is 1.92. The Hall–Kier alpha value is -2.45. The molecule has 0 bridgehead atoms. The molecule has 1 aliphatic rings. The molecular formula is C20H21N2O4S2-. The van der Waals surface area contributed by atoms with Gasteiger partial charge in [0.05, 0.1) is 16.9 Å². The van der Waals surface area contributed by atoms with Gasteiger partial charge in [-0.05, 0) is 17.6 Å². The summed E-state index contributed by atoms with van der Waals surface area (Å²) in [7, 11) is 0. The molecule has 28 heavy (non-hydrogen) atoms. The van der Waals surface area contributed by atoms with Gasteiger partial charge in [0.2, 0.25) is 5.91 Å². The molecule has 1 aromatic rings. The third-order valence-corrected chi connectivity index (χ3v) is 5.41. The van der Waals surface area contributed by atoms with Gasteiger partial charge in [-0.2, -0.15) is 0 Å². The molecule has 0 aromatic heterocycles. The minimum Gasteiger partial charge on any atom is -0.548 e. The van der Waals surface area contributed by atoms with E-state index in [1.54, 1.807) is 26.0 Å². The first-order valence-corrected chi connectivity index (χ1v) is 9.99. The highest BCUT2D eigenvalue weighted by atomic mass is 32.2. The van der Waals surface area contributed by atoms with E-state index in [-0.39, 0.29) is 24.8 Å². The maximum Gasteiger partial charge on any atom is 0.266 e. The van der Waals surface area contributed by atoms with Crippen LogP contribution in [-0.4, -0.2) is 39.6 Å². The molecule has 8 heteroatoms. The van der Waals surface area contributed by atoms with Crippen molar-refractivity contribution in [3.05, 3.63) is 53.0 Å².